The van der Waals surface area contributed by atoms with E-state index in [-0.39, 0.29) is 6.54 Å². The highest BCUT2D eigenvalue weighted by Gasteiger charge is 2.22. The molecule has 0 bridgehead atoms. The highest BCUT2D eigenvalue weighted by molar-refractivity contribution is 9.10. The van der Waals surface area contributed by atoms with Crippen LogP contribution in [0, 0.1) is 18.8 Å². The number of piperidine rings is 1. The lowest BCUT2D eigenvalue weighted by Crippen LogP contribution is -2.37. The van der Waals surface area contributed by atoms with Crippen molar-refractivity contribution < 1.29 is 14.6 Å². The number of carboxylic acids is 1. The fourth-order valence-corrected chi connectivity index (χ4v) is 3.53. The molecule has 1 atom stereocenters. The van der Waals surface area contributed by atoms with Crippen molar-refractivity contribution in [3.8, 4) is 5.75 Å². The molecule has 128 valence electrons. The summed E-state index contributed by atoms with van der Waals surface area (Å²) in [5.74, 6) is 1.41. The second-order valence-electron chi connectivity index (χ2n) is 6.63. The van der Waals surface area contributed by atoms with Crippen LogP contribution in [0.3, 0.4) is 0 Å². The summed E-state index contributed by atoms with van der Waals surface area (Å²) in [6, 6.07) is 6.03. The molecule has 1 aromatic carbocycles. The van der Waals surface area contributed by atoms with E-state index in [9.17, 15) is 4.79 Å². The maximum atomic E-state index is 10.7. The first-order valence-corrected chi connectivity index (χ1v) is 9.07. The average molecular weight is 384 g/mol. The number of rotatable bonds is 7. The third kappa shape index (κ3) is 5.81. The van der Waals surface area contributed by atoms with Crippen LogP contribution >= 0.6 is 15.9 Å². The Morgan fingerprint density at radius 1 is 1.43 bits per heavy atom. The molecule has 1 aromatic rings. The first-order chi connectivity index (χ1) is 11.0. The lowest BCUT2D eigenvalue weighted by Gasteiger charge is -2.32. The van der Waals surface area contributed by atoms with Crippen molar-refractivity contribution in [2.24, 2.45) is 11.8 Å². The minimum Gasteiger partial charge on any atom is -0.493 e. The van der Waals surface area contributed by atoms with Gasteiger partial charge in [-0.3, -0.25) is 9.69 Å². The molecule has 2 rings (SSSR count). The van der Waals surface area contributed by atoms with Gasteiger partial charge in [0.05, 0.1) is 13.2 Å². The highest BCUT2D eigenvalue weighted by atomic mass is 79.9. The second-order valence-corrected chi connectivity index (χ2v) is 7.48. The Morgan fingerprint density at radius 2 is 2.13 bits per heavy atom. The lowest BCUT2D eigenvalue weighted by molar-refractivity contribution is -0.138. The molecule has 0 spiro atoms. The molecule has 0 amide bonds. The predicted molar refractivity (Wildman–Crippen MR) is 95.0 cm³/mol. The highest BCUT2D eigenvalue weighted by Crippen LogP contribution is 2.28. The van der Waals surface area contributed by atoms with Crippen LogP contribution in [0.4, 0.5) is 0 Å². The van der Waals surface area contributed by atoms with E-state index in [0.29, 0.717) is 11.8 Å². The van der Waals surface area contributed by atoms with Gasteiger partial charge in [-0.1, -0.05) is 28.9 Å². The van der Waals surface area contributed by atoms with Gasteiger partial charge in [-0.2, -0.15) is 0 Å². The van der Waals surface area contributed by atoms with Crippen LogP contribution < -0.4 is 4.74 Å². The molecule has 0 saturated carbocycles. The summed E-state index contributed by atoms with van der Waals surface area (Å²) in [4.78, 5) is 12.8. The van der Waals surface area contributed by atoms with Crippen molar-refractivity contribution in [3.63, 3.8) is 0 Å². The molecule has 0 radical (unpaired) electrons. The van der Waals surface area contributed by atoms with Crippen molar-refractivity contribution in [3.05, 3.63) is 28.2 Å². The fraction of sp³-hybridized carbons (Fsp3) is 0.611. The third-order valence-electron chi connectivity index (χ3n) is 4.54. The molecular weight excluding hydrogens is 358 g/mol. The van der Waals surface area contributed by atoms with Gasteiger partial charge in [0.15, 0.2) is 0 Å². The van der Waals surface area contributed by atoms with Crippen LogP contribution in [0.15, 0.2) is 22.7 Å². The molecule has 1 heterocycles. The van der Waals surface area contributed by atoms with E-state index in [4.69, 9.17) is 9.84 Å². The Labute approximate surface area is 147 Å². The van der Waals surface area contributed by atoms with E-state index in [2.05, 4.69) is 29.8 Å². The van der Waals surface area contributed by atoms with E-state index in [0.717, 1.165) is 54.7 Å². The number of likely N-dealkylation sites (tertiary alicyclic amines) is 1. The first kappa shape index (κ1) is 18.3. The van der Waals surface area contributed by atoms with Crippen LogP contribution in [0.5, 0.6) is 5.75 Å². The monoisotopic (exact) mass is 383 g/mol. The van der Waals surface area contributed by atoms with E-state index in [1.165, 1.54) is 0 Å². The van der Waals surface area contributed by atoms with Gasteiger partial charge < -0.3 is 9.84 Å². The zero-order valence-corrected chi connectivity index (χ0v) is 15.5. The number of hydrogen-bond acceptors (Lipinski definition) is 3. The number of ether oxygens (including phenoxy) is 1. The molecule has 1 aliphatic heterocycles. The van der Waals surface area contributed by atoms with Crippen molar-refractivity contribution in [2.45, 2.75) is 33.1 Å². The summed E-state index contributed by atoms with van der Waals surface area (Å²) in [5, 5.41) is 8.84. The van der Waals surface area contributed by atoms with Gasteiger partial charge in [-0.25, -0.2) is 0 Å². The van der Waals surface area contributed by atoms with Gasteiger partial charge in [0.2, 0.25) is 0 Å². The Kier molecular flexibility index (Phi) is 6.90. The number of halogens is 1. The maximum absolute atomic E-state index is 10.7. The summed E-state index contributed by atoms with van der Waals surface area (Å²) < 4.78 is 7.05. The molecule has 0 aromatic heterocycles. The Bertz CT molecular complexity index is 527. The lowest BCUT2D eigenvalue weighted by atomic mass is 9.88. The largest absolute Gasteiger partial charge is 0.493 e. The number of nitrogens with zero attached hydrogens (tertiary/aromatic N) is 1. The average Bonchev–Trinajstić information content (AvgIpc) is 2.50. The van der Waals surface area contributed by atoms with Crippen LogP contribution in [0.2, 0.25) is 0 Å². The zero-order valence-electron chi connectivity index (χ0n) is 13.9. The van der Waals surface area contributed by atoms with Crippen molar-refractivity contribution in [1.29, 1.82) is 0 Å². The minimum atomic E-state index is -0.727. The third-order valence-corrected chi connectivity index (χ3v) is 5.40. The van der Waals surface area contributed by atoms with Gasteiger partial charge in [-0.05, 0) is 63.2 Å². The molecule has 0 unspecified atom stereocenters. The fourth-order valence-electron chi connectivity index (χ4n) is 3.18. The number of benzene rings is 1. The number of hydrogen-bond donors (Lipinski definition) is 1. The van der Waals surface area contributed by atoms with Crippen molar-refractivity contribution in [1.82, 2.24) is 4.90 Å². The summed E-state index contributed by atoms with van der Waals surface area (Å²) in [6.07, 6.45) is 3.33. The summed E-state index contributed by atoms with van der Waals surface area (Å²) in [5.41, 5.74) is 1.14. The van der Waals surface area contributed by atoms with Gasteiger partial charge in [0.25, 0.3) is 0 Å². The van der Waals surface area contributed by atoms with Crippen LogP contribution in [-0.4, -0.2) is 42.2 Å². The molecular formula is C18H26BrNO3. The molecule has 1 saturated heterocycles. The maximum Gasteiger partial charge on any atom is 0.317 e. The number of carboxylic acid groups (broad SMARTS) is 1. The predicted octanol–water partition coefficient (Wildman–Crippen LogP) is 3.96. The number of carbonyl (C=O) groups is 1. The van der Waals surface area contributed by atoms with Gasteiger partial charge in [0.1, 0.15) is 5.75 Å². The van der Waals surface area contributed by atoms with Crippen molar-refractivity contribution in [2.75, 3.05) is 26.2 Å². The van der Waals surface area contributed by atoms with Crippen LogP contribution in [0.25, 0.3) is 0 Å². The van der Waals surface area contributed by atoms with E-state index < -0.39 is 5.97 Å². The Morgan fingerprint density at radius 3 is 2.78 bits per heavy atom. The second kappa shape index (κ2) is 8.69. The molecule has 5 heteroatoms. The Hall–Kier alpha value is -1.07. The van der Waals surface area contributed by atoms with Gasteiger partial charge in [-0.15, -0.1) is 0 Å². The molecule has 23 heavy (non-hydrogen) atoms. The number of aliphatic carboxylic acids is 1. The normalized spacial score (nSPS) is 17.9. The minimum absolute atomic E-state index is 0.174. The summed E-state index contributed by atoms with van der Waals surface area (Å²) in [6.45, 7) is 6.99. The van der Waals surface area contributed by atoms with Crippen LogP contribution in [-0.2, 0) is 4.79 Å². The molecule has 1 fully saturated rings. The van der Waals surface area contributed by atoms with E-state index in [1.54, 1.807) is 0 Å². The van der Waals surface area contributed by atoms with Crippen LogP contribution in [0.1, 0.15) is 31.7 Å². The summed E-state index contributed by atoms with van der Waals surface area (Å²) >= 11 is 3.53. The van der Waals surface area contributed by atoms with Crippen molar-refractivity contribution >= 4 is 21.9 Å². The summed E-state index contributed by atoms with van der Waals surface area (Å²) in [7, 11) is 0. The molecule has 4 nitrogen and oxygen atoms in total. The SMILES string of the molecule is Cc1c(Br)cccc1OC[C@@H](C)CC1CCN(CC(=O)O)CC1. The zero-order chi connectivity index (χ0) is 16.8. The molecule has 0 aliphatic carbocycles. The molecule has 1 N–H and O–H groups in total. The quantitative estimate of drug-likeness (QED) is 0.773. The van der Waals surface area contributed by atoms with Gasteiger partial charge in [0, 0.05) is 10.0 Å². The smallest absolute Gasteiger partial charge is 0.317 e. The van der Waals surface area contributed by atoms with E-state index in [1.807, 2.05) is 23.1 Å². The first-order valence-electron chi connectivity index (χ1n) is 8.27. The molecule has 1 aliphatic rings. The van der Waals surface area contributed by atoms with E-state index >= 15 is 0 Å². The standard InChI is InChI=1S/C18H26BrNO3/c1-13(12-23-17-5-3-4-16(19)14(17)2)10-15-6-8-20(9-7-15)11-18(21)22/h3-5,13,15H,6-12H2,1-2H3,(H,21,22)/t13-/m0/s1. The topological polar surface area (TPSA) is 49.8 Å². The van der Waals surface area contributed by atoms with Gasteiger partial charge >= 0.3 is 5.97 Å². The Balaban J connectivity index is 1.72.